The predicted octanol–water partition coefficient (Wildman–Crippen LogP) is 0.0509. The molecule has 0 saturated heterocycles. The van der Waals surface area contributed by atoms with Gasteiger partial charge < -0.3 is 10.6 Å². The van der Waals surface area contributed by atoms with E-state index in [1.807, 2.05) is 0 Å². The average Bonchev–Trinajstić information content (AvgIpc) is 2.45. The highest BCUT2D eigenvalue weighted by molar-refractivity contribution is 7.89. The molecule has 1 amide bonds. The number of rotatable bonds is 7. The van der Waals surface area contributed by atoms with Gasteiger partial charge in [0.05, 0.1) is 4.92 Å². The van der Waals surface area contributed by atoms with Crippen LogP contribution in [0.1, 0.15) is 6.42 Å². The van der Waals surface area contributed by atoms with E-state index < -0.39 is 25.5 Å². The number of hydrogen-bond donors (Lipinski definition) is 3. The van der Waals surface area contributed by atoms with Crippen molar-refractivity contribution in [1.29, 1.82) is 0 Å². The van der Waals surface area contributed by atoms with Gasteiger partial charge in [0.25, 0.3) is 0 Å². The van der Waals surface area contributed by atoms with Gasteiger partial charge in [0, 0.05) is 27.1 Å². The first-order chi connectivity index (χ1) is 9.83. The lowest BCUT2D eigenvalue weighted by Crippen LogP contribution is -2.29. The molecule has 0 saturated carbocycles. The second kappa shape index (κ2) is 6.99. The van der Waals surface area contributed by atoms with Crippen LogP contribution in [0.3, 0.4) is 0 Å². The first-order valence-electron chi connectivity index (χ1n) is 5.99. The smallest absolute Gasteiger partial charge is 0.312 e. The minimum atomic E-state index is -4.08. The second-order valence-electron chi connectivity index (χ2n) is 3.98. The summed E-state index contributed by atoms with van der Waals surface area (Å²) in [7, 11) is -1.20. The second-order valence-corrected chi connectivity index (χ2v) is 5.72. The highest BCUT2D eigenvalue weighted by Gasteiger charge is 2.28. The van der Waals surface area contributed by atoms with Crippen LogP contribution in [0.2, 0.25) is 0 Å². The van der Waals surface area contributed by atoms with Crippen LogP contribution >= 0.6 is 0 Å². The van der Waals surface area contributed by atoms with E-state index in [-0.39, 0.29) is 24.6 Å². The molecule has 1 aromatic carbocycles. The van der Waals surface area contributed by atoms with Gasteiger partial charge in [-0.15, -0.1) is 0 Å². The Morgan fingerprint density at radius 1 is 1.33 bits per heavy atom. The normalized spacial score (nSPS) is 11.0. The van der Waals surface area contributed by atoms with Crippen LogP contribution in [-0.2, 0) is 14.8 Å². The lowest BCUT2D eigenvalue weighted by molar-refractivity contribution is -0.386. The third-order valence-electron chi connectivity index (χ3n) is 2.66. The van der Waals surface area contributed by atoms with Crippen molar-refractivity contribution in [2.45, 2.75) is 11.3 Å². The van der Waals surface area contributed by atoms with Gasteiger partial charge in [0.15, 0.2) is 4.90 Å². The molecular weight excluding hydrogens is 300 g/mol. The van der Waals surface area contributed by atoms with Gasteiger partial charge in [-0.25, -0.2) is 13.1 Å². The largest absolute Gasteiger partial charge is 0.383 e. The molecule has 21 heavy (non-hydrogen) atoms. The number of para-hydroxylation sites is 1. The van der Waals surface area contributed by atoms with Crippen LogP contribution in [0.25, 0.3) is 0 Å². The third-order valence-corrected chi connectivity index (χ3v) is 4.16. The van der Waals surface area contributed by atoms with Crippen molar-refractivity contribution in [2.24, 2.45) is 0 Å². The van der Waals surface area contributed by atoms with Crippen molar-refractivity contribution in [3.63, 3.8) is 0 Å². The van der Waals surface area contributed by atoms with Gasteiger partial charge in [0.2, 0.25) is 15.9 Å². The zero-order chi connectivity index (χ0) is 16.0. The molecule has 0 unspecified atom stereocenters. The fourth-order valence-electron chi connectivity index (χ4n) is 1.63. The summed E-state index contributed by atoms with van der Waals surface area (Å²) in [5.74, 6) is -0.337. The van der Waals surface area contributed by atoms with E-state index >= 15 is 0 Å². The van der Waals surface area contributed by atoms with Gasteiger partial charge in [-0.1, -0.05) is 6.07 Å². The van der Waals surface area contributed by atoms with Gasteiger partial charge in [-0.05, 0) is 12.1 Å². The lowest BCUT2D eigenvalue weighted by Gasteiger charge is -2.09. The summed E-state index contributed by atoms with van der Waals surface area (Å²) in [4.78, 5) is 20.9. The molecule has 0 heterocycles. The Kier molecular flexibility index (Phi) is 5.61. The summed E-state index contributed by atoms with van der Waals surface area (Å²) >= 11 is 0. The molecule has 0 aliphatic heterocycles. The average molecular weight is 316 g/mol. The predicted molar refractivity (Wildman–Crippen MR) is 76.5 cm³/mol. The molecule has 0 fully saturated rings. The topological polar surface area (TPSA) is 130 Å². The quantitative estimate of drug-likeness (QED) is 0.481. The van der Waals surface area contributed by atoms with Crippen molar-refractivity contribution in [2.75, 3.05) is 26.0 Å². The number of nitrogens with zero attached hydrogens (tertiary/aromatic N) is 1. The molecular formula is C11H16N4O5S. The van der Waals surface area contributed by atoms with Gasteiger partial charge in [-0.3, -0.25) is 14.9 Å². The maximum Gasteiger partial charge on any atom is 0.312 e. The standard InChI is InChI=1S/C11H16N4O5S/c1-12-8-4-3-5-9(11(8)15(17)18)21(19,20)14-7-6-10(16)13-2/h3-5,12,14H,6-7H2,1-2H3,(H,13,16). The first kappa shape index (κ1) is 16.9. The molecule has 1 aromatic rings. The van der Waals surface area contributed by atoms with Crippen molar-refractivity contribution in [3.8, 4) is 0 Å². The number of anilines is 1. The number of benzene rings is 1. The molecule has 3 N–H and O–H groups in total. The van der Waals surface area contributed by atoms with Gasteiger partial charge >= 0.3 is 5.69 Å². The molecule has 10 heteroatoms. The van der Waals surface area contributed by atoms with Crippen LogP contribution in [-0.4, -0.2) is 39.9 Å². The molecule has 9 nitrogen and oxygen atoms in total. The van der Waals surface area contributed by atoms with E-state index in [2.05, 4.69) is 15.4 Å². The minimum absolute atomic E-state index is 0.0603. The van der Waals surface area contributed by atoms with Crippen LogP contribution < -0.4 is 15.4 Å². The van der Waals surface area contributed by atoms with Crippen LogP contribution in [0.15, 0.2) is 23.1 Å². The molecule has 116 valence electrons. The van der Waals surface area contributed by atoms with Crippen LogP contribution in [0.4, 0.5) is 11.4 Å². The Bertz CT molecular complexity index is 644. The summed E-state index contributed by atoms with van der Waals surface area (Å²) in [6, 6.07) is 3.94. The molecule has 0 aromatic heterocycles. The number of nitrogens with one attached hydrogen (secondary N) is 3. The van der Waals surface area contributed by atoms with Crippen molar-refractivity contribution in [1.82, 2.24) is 10.0 Å². The fraction of sp³-hybridized carbons (Fsp3) is 0.364. The number of carbonyl (C=O) groups is 1. The number of carbonyl (C=O) groups excluding carboxylic acids is 1. The van der Waals surface area contributed by atoms with E-state index in [1.54, 1.807) is 0 Å². The Morgan fingerprint density at radius 2 is 2.00 bits per heavy atom. The van der Waals surface area contributed by atoms with E-state index in [0.717, 1.165) is 6.07 Å². The van der Waals surface area contributed by atoms with E-state index in [1.165, 1.54) is 26.2 Å². The molecule has 0 bridgehead atoms. The molecule has 0 aliphatic carbocycles. The van der Waals surface area contributed by atoms with E-state index in [0.29, 0.717) is 0 Å². The lowest BCUT2D eigenvalue weighted by atomic mass is 10.3. The number of amides is 1. The molecule has 0 spiro atoms. The third kappa shape index (κ3) is 4.13. The Hall–Kier alpha value is -2.20. The molecule has 0 atom stereocenters. The van der Waals surface area contributed by atoms with Crippen LogP contribution in [0.5, 0.6) is 0 Å². The number of sulfonamides is 1. The van der Waals surface area contributed by atoms with Gasteiger partial charge in [0.1, 0.15) is 5.69 Å². The van der Waals surface area contributed by atoms with Crippen molar-refractivity contribution >= 4 is 27.3 Å². The maximum absolute atomic E-state index is 12.1. The van der Waals surface area contributed by atoms with Crippen molar-refractivity contribution < 1.29 is 18.1 Å². The summed E-state index contributed by atoms with van der Waals surface area (Å²) in [5.41, 5.74) is -0.443. The first-order valence-corrected chi connectivity index (χ1v) is 7.47. The summed E-state index contributed by atoms with van der Waals surface area (Å²) < 4.78 is 26.4. The zero-order valence-corrected chi connectivity index (χ0v) is 12.4. The van der Waals surface area contributed by atoms with Crippen molar-refractivity contribution in [3.05, 3.63) is 28.3 Å². The summed E-state index contributed by atoms with van der Waals surface area (Å²) in [5, 5.41) is 16.0. The Morgan fingerprint density at radius 3 is 2.52 bits per heavy atom. The highest BCUT2D eigenvalue weighted by Crippen LogP contribution is 2.31. The number of nitro groups is 1. The Balaban J connectivity index is 3.08. The number of nitro benzene ring substituents is 1. The minimum Gasteiger partial charge on any atom is -0.383 e. The number of hydrogen-bond acceptors (Lipinski definition) is 6. The SMILES string of the molecule is CNC(=O)CCNS(=O)(=O)c1cccc(NC)c1[N+](=O)[O-]. The monoisotopic (exact) mass is 316 g/mol. The highest BCUT2D eigenvalue weighted by atomic mass is 32.2. The maximum atomic E-state index is 12.1. The summed E-state index contributed by atoms with van der Waals surface area (Å²) in [6.45, 7) is -0.150. The summed E-state index contributed by atoms with van der Waals surface area (Å²) in [6.07, 6.45) is -0.0603. The van der Waals surface area contributed by atoms with Crippen LogP contribution in [0, 0.1) is 10.1 Å². The Labute approximate surface area is 121 Å². The van der Waals surface area contributed by atoms with E-state index in [4.69, 9.17) is 0 Å². The molecule has 1 rings (SSSR count). The zero-order valence-electron chi connectivity index (χ0n) is 11.5. The van der Waals surface area contributed by atoms with E-state index in [9.17, 15) is 23.3 Å². The molecule has 0 radical (unpaired) electrons. The van der Waals surface area contributed by atoms with Gasteiger partial charge in [-0.2, -0.15) is 0 Å². The fourth-order valence-corrected chi connectivity index (χ4v) is 2.85. The molecule has 0 aliphatic rings.